The number of nitrogens with one attached hydrogen (secondary N) is 2. The van der Waals surface area contributed by atoms with Gasteiger partial charge >= 0.3 is 10.2 Å². The van der Waals surface area contributed by atoms with Crippen molar-refractivity contribution in [2.45, 2.75) is 48.9 Å². The van der Waals surface area contributed by atoms with Gasteiger partial charge < -0.3 is 15.4 Å². The van der Waals surface area contributed by atoms with E-state index in [1.165, 1.54) is 31.6 Å². The molecule has 41 heavy (non-hydrogen) atoms. The molecule has 3 heterocycles. The van der Waals surface area contributed by atoms with E-state index in [9.17, 15) is 34.3 Å². The second-order valence-corrected chi connectivity index (χ2v) is 12.7. The van der Waals surface area contributed by atoms with Gasteiger partial charge in [-0.05, 0) is 62.7 Å². The molecule has 2 N–H and O–H groups in total. The summed E-state index contributed by atoms with van der Waals surface area (Å²) in [7, 11) is -8.60. The quantitative estimate of drug-likeness (QED) is 0.321. The fourth-order valence-corrected chi connectivity index (χ4v) is 5.87. The maximum atomic E-state index is 14.2. The number of carbonyl (C=O) groups excluding carboxylic acids is 2. The number of nitriles is 1. The SMILES string of the molecule is COC1CC(C(=O)N(c2ccc(S(F)(F)(F)(F)F)cc2)C(C(=O)NC(C)C2CCNC2)c2cccnc2)N(C#N)C1. The van der Waals surface area contributed by atoms with Crippen molar-refractivity contribution in [1.82, 2.24) is 20.5 Å². The number of hydrogen-bond acceptors (Lipinski definition) is 7. The maximum absolute atomic E-state index is 14.2. The van der Waals surface area contributed by atoms with Crippen LogP contribution in [-0.2, 0) is 14.3 Å². The summed E-state index contributed by atoms with van der Waals surface area (Å²) in [5, 5.41) is 15.8. The molecule has 0 saturated carbocycles. The number of hydrogen-bond donors (Lipinski definition) is 2. The van der Waals surface area contributed by atoms with Crippen LogP contribution in [0.5, 0.6) is 0 Å². The van der Waals surface area contributed by atoms with Crippen LogP contribution < -0.4 is 15.5 Å². The van der Waals surface area contributed by atoms with Gasteiger partial charge in [-0.3, -0.25) is 24.4 Å². The number of halogens is 5. The lowest BCUT2D eigenvalue weighted by molar-refractivity contribution is -0.128. The first-order chi connectivity index (χ1) is 19.1. The molecule has 5 atom stereocenters. The molecule has 9 nitrogen and oxygen atoms in total. The summed E-state index contributed by atoms with van der Waals surface area (Å²) in [6.45, 7) is 3.32. The molecule has 2 aliphatic rings. The van der Waals surface area contributed by atoms with Gasteiger partial charge in [-0.15, -0.1) is 0 Å². The Morgan fingerprint density at radius 1 is 1.22 bits per heavy atom. The zero-order valence-electron chi connectivity index (χ0n) is 22.4. The number of anilines is 1. The van der Waals surface area contributed by atoms with Gasteiger partial charge in [0.2, 0.25) is 5.91 Å². The van der Waals surface area contributed by atoms with Crippen LogP contribution in [0.4, 0.5) is 25.1 Å². The van der Waals surface area contributed by atoms with Gasteiger partial charge in [-0.1, -0.05) is 25.5 Å². The first-order valence-corrected chi connectivity index (χ1v) is 14.9. The largest absolute Gasteiger partial charge is 0.379 e. The average molecular weight is 603 g/mol. The normalized spacial score (nSPS) is 24.0. The Kier molecular flexibility index (Phi) is 7.98. The third-order valence-corrected chi connectivity index (χ3v) is 8.65. The molecule has 1 aromatic heterocycles. The molecule has 2 fully saturated rings. The number of benzene rings is 1. The second-order valence-electron chi connectivity index (χ2n) is 10.3. The number of pyridine rings is 1. The van der Waals surface area contributed by atoms with Gasteiger partial charge in [0.05, 0.1) is 12.6 Å². The van der Waals surface area contributed by atoms with Crippen molar-refractivity contribution in [2.75, 3.05) is 31.6 Å². The molecule has 1 aromatic carbocycles. The van der Waals surface area contributed by atoms with Crippen molar-refractivity contribution in [3.05, 3.63) is 54.4 Å². The summed E-state index contributed by atoms with van der Waals surface area (Å²) >= 11 is 0. The summed E-state index contributed by atoms with van der Waals surface area (Å²) in [6, 6.07) is 1.99. The van der Waals surface area contributed by atoms with Crippen LogP contribution in [0.15, 0.2) is 53.7 Å². The molecule has 0 spiro atoms. The molecule has 2 amide bonds. The predicted octanol–water partition coefficient (Wildman–Crippen LogP) is 4.50. The molecule has 224 valence electrons. The summed E-state index contributed by atoms with van der Waals surface area (Å²) in [5.74, 6) is -1.33. The first kappa shape index (κ1) is 30.5. The molecule has 0 radical (unpaired) electrons. The topological polar surface area (TPSA) is 111 Å². The van der Waals surface area contributed by atoms with Gasteiger partial charge in [0.25, 0.3) is 5.91 Å². The molecular formula is C26H31F5N6O3S. The zero-order chi connectivity index (χ0) is 30.1. The van der Waals surface area contributed by atoms with Crippen LogP contribution in [0, 0.1) is 17.4 Å². The van der Waals surface area contributed by atoms with Gasteiger partial charge in [0, 0.05) is 43.2 Å². The second kappa shape index (κ2) is 10.7. The van der Waals surface area contributed by atoms with E-state index in [0.29, 0.717) is 6.54 Å². The Hall–Kier alpha value is -3.48. The van der Waals surface area contributed by atoms with Crippen molar-refractivity contribution in [1.29, 1.82) is 5.26 Å². The van der Waals surface area contributed by atoms with E-state index in [1.807, 2.05) is 13.1 Å². The Balaban J connectivity index is 1.81. The Morgan fingerprint density at radius 3 is 2.46 bits per heavy atom. The molecule has 2 aromatic rings. The van der Waals surface area contributed by atoms with Crippen LogP contribution in [0.3, 0.4) is 0 Å². The Morgan fingerprint density at radius 2 is 1.93 bits per heavy atom. The highest BCUT2D eigenvalue weighted by molar-refractivity contribution is 8.45. The molecule has 4 rings (SSSR count). The van der Waals surface area contributed by atoms with Crippen molar-refractivity contribution in [3.8, 4) is 6.19 Å². The van der Waals surface area contributed by atoms with Gasteiger partial charge in [-0.2, -0.15) is 5.26 Å². The van der Waals surface area contributed by atoms with Crippen LogP contribution in [0.25, 0.3) is 0 Å². The van der Waals surface area contributed by atoms with Crippen molar-refractivity contribution >= 4 is 27.7 Å². The smallest absolute Gasteiger partial charge is 0.310 e. The van der Waals surface area contributed by atoms with Crippen molar-refractivity contribution < 1.29 is 33.8 Å². The van der Waals surface area contributed by atoms with Crippen LogP contribution in [-0.4, -0.2) is 66.6 Å². The average Bonchev–Trinajstić information content (AvgIpc) is 3.61. The predicted molar refractivity (Wildman–Crippen MR) is 142 cm³/mol. The lowest BCUT2D eigenvalue weighted by Gasteiger charge is -2.41. The lowest BCUT2D eigenvalue weighted by atomic mass is 9.98. The van der Waals surface area contributed by atoms with E-state index in [4.69, 9.17) is 4.74 Å². The number of likely N-dealkylation sites (tertiary alicyclic amines) is 1. The first-order valence-electron chi connectivity index (χ1n) is 12.9. The highest BCUT2D eigenvalue weighted by atomic mass is 32.5. The van der Waals surface area contributed by atoms with Crippen molar-refractivity contribution in [3.63, 3.8) is 0 Å². The van der Waals surface area contributed by atoms with E-state index >= 15 is 0 Å². The Bertz CT molecular complexity index is 1300. The summed E-state index contributed by atoms with van der Waals surface area (Å²) < 4.78 is 72.8. The zero-order valence-corrected chi connectivity index (χ0v) is 23.2. The number of methoxy groups -OCH3 is 1. The molecule has 0 bridgehead atoms. The van der Waals surface area contributed by atoms with Crippen LogP contribution >= 0.6 is 10.2 Å². The number of amides is 2. The molecular weight excluding hydrogens is 571 g/mol. The third kappa shape index (κ3) is 6.88. The lowest BCUT2D eigenvalue weighted by Crippen LogP contribution is -2.52. The molecule has 2 aliphatic heterocycles. The summed E-state index contributed by atoms with van der Waals surface area (Å²) in [6.07, 6.45) is 5.07. The van der Waals surface area contributed by atoms with Gasteiger partial charge in [-0.25, -0.2) is 0 Å². The fourth-order valence-electron chi connectivity index (χ4n) is 5.22. The minimum atomic E-state index is -10.0. The van der Waals surface area contributed by atoms with Crippen LogP contribution in [0.1, 0.15) is 31.4 Å². The van der Waals surface area contributed by atoms with E-state index < -0.39 is 45.1 Å². The number of carbonyl (C=O) groups is 2. The van der Waals surface area contributed by atoms with Crippen molar-refractivity contribution in [2.24, 2.45) is 5.92 Å². The third-order valence-electron chi connectivity index (χ3n) is 7.49. The fraction of sp³-hybridized carbons (Fsp3) is 0.462. The molecule has 15 heteroatoms. The van der Waals surface area contributed by atoms with E-state index in [2.05, 4.69) is 15.6 Å². The Labute approximate surface area is 234 Å². The number of nitrogens with zero attached hydrogens (tertiary/aromatic N) is 4. The summed E-state index contributed by atoms with van der Waals surface area (Å²) in [4.78, 5) is 32.1. The molecule has 0 aliphatic carbocycles. The highest BCUT2D eigenvalue weighted by Crippen LogP contribution is 3.02. The van der Waals surface area contributed by atoms with E-state index in [1.54, 1.807) is 0 Å². The summed E-state index contributed by atoms with van der Waals surface area (Å²) in [5.41, 5.74) is -0.00442. The minimum absolute atomic E-state index is 0.0640. The van der Waals surface area contributed by atoms with Gasteiger partial charge in [0.1, 0.15) is 17.0 Å². The van der Waals surface area contributed by atoms with E-state index in [-0.39, 0.29) is 48.3 Å². The molecule has 2 saturated heterocycles. The minimum Gasteiger partial charge on any atom is -0.379 e. The van der Waals surface area contributed by atoms with Gasteiger partial charge in [0.15, 0.2) is 6.19 Å². The highest BCUT2D eigenvalue weighted by Gasteiger charge is 2.65. The maximum Gasteiger partial charge on any atom is 0.310 e. The van der Waals surface area contributed by atoms with Crippen LogP contribution in [0.2, 0.25) is 0 Å². The van der Waals surface area contributed by atoms with E-state index in [0.717, 1.165) is 34.9 Å². The monoisotopic (exact) mass is 602 g/mol. The molecule has 5 unspecified atom stereocenters. The number of aromatic nitrogens is 1. The number of rotatable bonds is 9. The standard InChI is InChI=1S/C26H31F5N6O3S/c1-17(18-9-11-34-13-18)35-25(38)24(19-4-3-10-33-14-19)37(26(39)23-12-21(40-2)15-36(23)16-32)20-5-7-22(8-6-20)41(27,28,29,30)31/h3-8,10,14,17-18,21,23-24,34H,9,11-13,15H2,1-2H3,(H,35,38). The number of ether oxygens (including phenoxy) is 1.